The second-order valence-corrected chi connectivity index (χ2v) is 6.10. The van der Waals surface area contributed by atoms with Crippen LogP contribution >= 0.6 is 0 Å². The Morgan fingerprint density at radius 1 is 1.26 bits per heavy atom. The molecule has 1 aliphatic heterocycles. The predicted molar refractivity (Wildman–Crippen MR) is 91.9 cm³/mol. The van der Waals surface area contributed by atoms with Gasteiger partial charge in [0.15, 0.2) is 0 Å². The van der Waals surface area contributed by atoms with Crippen molar-refractivity contribution in [3.05, 3.63) is 42.0 Å². The molecule has 1 saturated heterocycles. The number of nitrogens with zero attached hydrogens (tertiary/aromatic N) is 4. The number of likely N-dealkylation sites (tertiary alicyclic amines) is 1. The fourth-order valence-corrected chi connectivity index (χ4v) is 3.30. The second kappa shape index (κ2) is 7.37. The van der Waals surface area contributed by atoms with Crippen LogP contribution in [-0.4, -0.2) is 40.0 Å². The van der Waals surface area contributed by atoms with E-state index in [1.165, 1.54) is 18.4 Å². The first-order valence-corrected chi connectivity index (χ1v) is 8.15. The van der Waals surface area contributed by atoms with Crippen LogP contribution in [0.1, 0.15) is 24.1 Å². The van der Waals surface area contributed by atoms with Gasteiger partial charge in [0.05, 0.1) is 5.69 Å². The Morgan fingerprint density at radius 2 is 2.13 bits per heavy atom. The van der Waals surface area contributed by atoms with Crippen LogP contribution in [0.5, 0.6) is 0 Å². The van der Waals surface area contributed by atoms with Crippen LogP contribution < -0.4 is 11.1 Å². The third-order valence-corrected chi connectivity index (χ3v) is 4.41. The van der Waals surface area contributed by atoms with Crippen molar-refractivity contribution in [3.63, 3.8) is 0 Å². The van der Waals surface area contributed by atoms with Gasteiger partial charge in [-0.3, -0.25) is 9.88 Å². The van der Waals surface area contributed by atoms with Crippen LogP contribution in [0, 0.1) is 5.92 Å². The van der Waals surface area contributed by atoms with Crippen LogP contribution in [0.15, 0.2) is 30.7 Å². The van der Waals surface area contributed by atoms with Crippen LogP contribution in [0.3, 0.4) is 0 Å². The van der Waals surface area contributed by atoms with E-state index in [9.17, 15) is 0 Å². The molecule has 0 aliphatic carbocycles. The summed E-state index contributed by atoms with van der Waals surface area (Å²) >= 11 is 0. The molecule has 3 heterocycles. The Kier molecular flexibility index (Phi) is 5.02. The van der Waals surface area contributed by atoms with E-state index in [0.29, 0.717) is 11.7 Å². The standard InChI is InChI=1S/C17H24N6/c1-19-17-14(5-2-6-22-17)12-23-9-3-4-13(11-23)10-15-16(18)21-8-7-20-15/h2,5-8,13H,3-4,9-12H2,1H3,(H2,18,21)(H,19,22)/t13-/m1/s1. The summed E-state index contributed by atoms with van der Waals surface area (Å²) in [5.74, 6) is 2.11. The summed E-state index contributed by atoms with van der Waals surface area (Å²) in [4.78, 5) is 15.4. The molecular weight excluding hydrogens is 288 g/mol. The lowest BCUT2D eigenvalue weighted by molar-refractivity contribution is 0.166. The molecular formula is C17H24N6. The minimum absolute atomic E-state index is 0.564. The number of rotatable bonds is 5. The molecule has 0 unspecified atom stereocenters. The van der Waals surface area contributed by atoms with Gasteiger partial charge >= 0.3 is 0 Å². The molecule has 3 N–H and O–H groups in total. The second-order valence-electron chi connectivity index (χ2n) is 6.10. The molecule has 23 heavy (non-hydrogen) atoms. The van der Waals surface area contributed by atoms with Gasteiger partial charge in [0.1, 0.15) is 11.6 Å². The van der Waals surface area contributed by atoms with Crippen LogP contribution in [0.25, 0.3) is 0 Å². The van der Waals surface area contributed by atoms with E-state index in [1.807, 2.05) is 19.3 Å². The Hall–Kier alpha value is -2.21. The number of hydrogen-bond donors (Lipinski definition) is 2. The SMILES string of the molecule is CNc1ncccc1CN1CCC[C@H](Cc2nccnc2N)C1. The first-order chi connectivity index (χ1) is 11.3. The lowest BCUT2D eigenvalue weighted by Gasteiger charge is -2.33. The van der Waals surface area contributed by atoms with E-state index in [0.717, 1.165) is 37.6 Å². The van der Waals surface area contributed by atoms with Gasteiger partial charge < -0.3 is 11.1 Å². The third kappa shape index (κ3) is 3.96. The molecule has 0 radical (unpaired) electrons. The molecule has 1 aliphatic rings. The zero-order valence-corrected chi connectivity index (χ0v) is 13.6. The molecule has 0 amide bonds. The van der Waals surface area contributed by atoms with Crippen molar-refractivity contribution in [1.82, 2.24) is 19.9 Å². The summed E-state index contributed by atoms with van der Waals surface area (Å²) in [5.41, 5.74) is 8.10. The number of nitrogen functional groups attached to an aromatic ring is 1. The highest BCUT2D eigenvalue weighted by Crippen LogP contribution is 2.24. The molecule has 6 heteroatoms. The average molecular weight is 312 g/mol. The van der Waals surface area contributed by atoms with E-state index < -0.39 is 0 Å². The minimum atomic E-state index is 0.564. The van der Waals surface area contributed by atoms with Gasteiger partial charge in [-0.2, -0.15) is 0 Å². The highest BCUT2D eigenvalue weighted by molar-refractivity contribution is 5.42. The van der Waals surface area contributed by atoms with E-state index in [2.05, 4.69) is 31.2 Å². The largest absolute Gasteiger partial charge is 0.382 e. The van der Waals surface area contributed by atoms with Crippen LogP contribution in [0.2, 0.25) is 0 Å². The van der Waals surface area contributed by atoms with E-state index in [-0.39, 0.29) is 0 Å². The summed E-state index contributed by atoms with van der Waals surface area (Å²) < 4.78 is 0. The van der Waals surface area contributed by atoms with Crippen LogP contribution in [0.4, 0.5) is 11.6 Å². The maximum Gasteiger partial charge on any atom is 0.145 e. The highest BCUT2D eigenvalue weighted by atomic mass is 15.1. The fourth-order valence-electron chi connectivity index (χ4n) is 3.30. The Balaban J connectivity index is 1.63. The van der Waals surface area contributed by atoms with Gasteiger partial charge in [-0.15, -0.1) is 0 Å². The molecule has 3 rings (SSSR count). The molecule has 2 aromatic rings. The molecule has 2 aromatic heterocycles. The Bertz CT molecular complexity index is 644. The lowest BCUT2D eigenvalue weighted by Crippen LogP contribution is -2.36. The summed E-state index contributed by atoms with van der Waals surface area (Å²) in [7, 11) is 1.92. The van der Waals surface area contributed by atoms with Crippen molar-refractivity contribution < 1.29 is 0 Å². The summed E-state index contributed by atoms with van der Waals surface area (Å²) in [6.45, 7) is 3.12. The number of nitrogens with one attached hydrogen (secondary N) is 1. The first kappa shape index (κ1) is 15.7. The third-order valence-electron chi connectivity index (χ3n) is 4.41. The number of nitrogens with two attached hydrogens (primary N) is 1. The quantitative estimate of drug-likeness (QED) is 0.878. The average Bonchev–Trinajstić information content (AvgIpc) is 2.58. The Morgan fingerprint density at radius 3 is 2.96 bits per heavy atom. The van der Waals surface area contributed by atoms with Gasteiger partial charge in [0.25, 0.3) is 0 Å². The number of pyridine rings is 1. The molecule has 0 aromatic carbocycles. The maximum absolute atomic E-state index is 5.93. The van der Waals surface area contributed by atoms with Crippen LogP contribution in [-0.2, 0) is 13.0 Å². The van der Waals surface area contributed by atoms with Gasteiger partial charge in [0, 0.05) is 44.3 Å². The smallest absolute Gasteiger partial charge is 0.145 e. The van der Waals surface area contributed by atoms with Crippen molar-refractivity contribution in [2.75, 3.05) is 31.2 Å². The molecule has 0 saturated carbocycles. The highest BCUT2D eigenvalue weighted by Gasteiger charge is 2.22. The normalized spacial score (nSPS) is 18.7. The zero-order chi connectivity index (χ0) is 16.1. The molecule has 6 nitrogen and oxygen atoms in total. The molecule has 122 valence electrons. The van der Waals surface area contributed by atoms with Crippen molar-refractivity contribution in [3.8, 4) is 0 Å². The van der Waals surface area contributed by atoms with Crippen molar-refractivity contribution in [2.45, 2.75) is 25.8 Å². The number of aromatic nitrogens is 3. The molecule has 1 atom stereocenters. The van der Waals surface area contributed by atoms with Gasteiger partial charge in [-0.25, -0.2) is 9.97 Å². The van der Waals surface area contributed by atoms with Gasteiger partial charge in [-0.1, -0.05) is 6.07 Å². The molecule has 0 spiro atoms. The van der Waals surface area contributed by atoms with Gasteiger partial charge in [-0.05, 0) is 37.8 Å². The Labute approximate surface area is 137 Å². The first-order valence-electron chi connectivity index (χ1n) is 8.15. The zero-order valence-electron chi connectivity index (χ0n) is 13.6. The minimum Gasteiger partial charge on any atom is -0.382 e. The lowest BCUT2D eigenvalue weighted by atomic mass is 9.93. The van der Waals surface area contributed by atoms with E-state index >= 15 is 0 Å². The van der Waals surface area contributed by atoms with E-state index in [4.69, 9.17) is 5.73 Å². The van der Waals surface area contributed by atoms with E-state index in [1.54, 1.807) is 12.4 Å². The number of hydrogen-bond acceptors (Lipinski definition) is 6. The monoisotopic (exact) mass is 312 g/mol. The molecule has 1 fully saturated rings. The van der Waals surface area contributed by atoms with Crippen molar-refractivity contribution >= 4 is 11.6 Å². The summed E-state index contributed by atoms with van der Waals surface area (Å²) in [6.07, 6.45) is 8.53. The predicted octanol–water partition coefficient (Wildman–Crippen LogP) is 1.95. The van der Waals surface area contributed by atoms with Gasteiger partial charge in [0.2, 0.25) is 0 Å². The fraction of sp³-hybridized carbons (Fsp3) is 0.471. The topological polar surface area (TPSA) is 80.0 Å². The maximum atomic E-state index is 5.93. The van der Waals surface area contributed by atoms with Crippen molar-refractivity contribution in [2.24, 2.45) is 5.92 Å². The van der Waals surface area contributed by atoms with Crippen molar-refractivity contribution in [1.29, 1.82) is 0 Å². The number of piperidine rings is 1. The summed E-state index contributed by atoms with van der Waals surface area (Å²) in [6, 6.07) is 4.14. The number of anilines is 2. The molecule has 0 bridgehead atoms. The summed E-state index contributed by atoms with van der Waals surface area (Å²) in [5, 5.41) is 3.17.